The summed E-state index contributed by atoms with van der Waals surface area (Å²) in [6, 6.07) is 9.74. The minimum absolute atomic E-state index is 0.964. The lowest BCUT2D eigenvalue weighted by Gasteiger charge is -1.96. The second-order valence-corrected chi connectivity index (χ2v) is 4.93. The molecule has 0 saturated heterocycles. The highest BCUT2D eigenvalue weighted by Gasteiger charge is 1.96. The van der Waals surface area contributed by atoms with Gasteiger partial charge in [0, 0.05) is 24.2 Å². The van der Waals surface area contributed by atoms with Gasteiger partial charge in [0.05, 0.1) is 5.69 Å². The molecular weight excluding hydrogens is 232 g/mol. The number of hydrogen-bond acceptors (Lipinski definition) is 2. The van der Waals surface area contributed by atoms with Crippen molar-refractivity contribution in [2.45, 2.75) is 44.9 Å². The van der Waals surface area contributed by atoms with Crippen LogP contribution in [0.2, 0.25) is 0 Å². The molecule has 2 aromatic rings. The summed E-state index contributed by atoms with van der Waals surface area (Å²) < 4.78 is 0. The lowest BCUT2D eigenvalue weighted by Crippen LogP contribution is -1.81. The topological polar surface area (TPSA) is 25.8 Å². The summed E-state index contributed by atoms with van der Waals surface area (Å²) in [4.78, 5) is 8.23. The summed E-state index contributed by atoms with van der Waals surface area (Å²) >= 11 is 0. The van der Waals surface area contributed by atoms with Crippen LogP contribution in [0, 0.1) is 0 Å². The average Bonchev–Trinajstić information content (AvgIpc) is 2.82. The normalized spacial score (nSPS) is 14.9. The fourth-order valence-corrected chi connectivity index (χ4v) is 2.29. The Kier molecular flexibility index (Phi) is 6.08. The predicted molar refractivity (Wildman–Crippen MR) is 79.8 cm³/mol. The van der Waals surface area contributed by atoms with Gasteiger partial charge in [-0.2, -0.15) is 0 Å². The van der Waals surface area contributed by atoms with Crippen molar-refractivity contribution in [1.29, 1.82) is 0 Å². The molecule has 0 aromatic carbocycles. The van der Waals surface area contributed by atoms with Crippen LogP contribution >= 0.6 is 0 Å². The van der Waals surface area contributed by atoms with Crippen LogP contribution in [0.25, 0.3) is 11.3 Å². The van der Waals surface area contributed by atoms with Crippen molar-refractivity contribution in [2.24, 2.45) is 0 Å². The third kappa shape index (κ3) is 5.21. The molecule has 0 amide bonds. The van der Waals surface area contributed by atoms with Crippen molar-refractivity contribution in [3.63, 3.8) is 0 Å². The molecule has 1 fully saturated rings. The van der Waals surface area contributed by atoms with E-state index in [1.807, 2.05) is 36.5 Å². The van der Waals surface area contributed by atoms with Crippen LogP contribution in [0.5, 0.6) is 0 Å². The number of rotatable bonds is 1. The fourth-order valence-electron chi connectivity index (χ4n) is 2.29. The van der Waals surface area contributed by atoms with Crippen LogP contribution < -0.4 is 0 Å². The smallest absolute Gasteiger partial charge is 0.0717 e. The molecule has 0 unspecified atom stereocenters. The summed E-state index contributed by atoms with van der Waals surface area (Å²) in [6.07, 6.45) is 15.8. The van der Waals surface area contributed by atoms with Crippen molar-refractivity contribution in [3.05, 3.63) is 48.9 Å². The molecule has 0 N–H and O–H groups in total. The highest BCUT2D eigenvalue weighted by molar-refractivity contribution is 5.56. The Balaban J connectivity index is 0.000000163. The first-order chi connectivity index (χ1) is 9.47. The largest absolute Gasteiger partial charge is 0.264 e. The predicted octanol–water partition coefficient (Wildman–Crippen LogP) is 4.87. The van der Waals surface area contributed by atoms with Gasteiger partial charge < -0.3 is 0 Å². The third-order valence-electron chi connectivity index (χ3n) is 3.37. The lowest BCUT2D eigenvalue weighted by atomic mass is 10.2. The first-order valence-corrected chi connectivity index (χ1v) is 7.28. The number of pyridine rings is 2. The van der Waals surface area contributed by atoms with Gasteiger partial charge in [-0.05, 0) is 24.3 Å². The molecule has 0 bridgehead atoms. The number of hydrogen-bond donors (Lipinski definition) is 0. The van der Waals surface area contributed by atoms with Gasteiger partial charge in [-0.3, -0.25) is 9.97 Å². The van der Waals surface area contributed by atoms with E-state index in [1.54, 1.807) is 12.4 Å². The first-order valence-electron chi connectivity index (χ1n) is 7.28. The van der Waals surface area contributed by atoms with Gasteiger partial charge in [0.1, 0.15) is 0 Å². The second-order valence-electron chi connectivity index (χ2n) is 4.93. The Bertz CT molecular complexity index is 382. The van der Waals surface area contributed by atoms with Crippen LogP contribution in [0.3, 0.4) is 0 Å². The van der Waals surface area contributed by atoms with E-state index in [4.69, 9.17) is 0 Å². The zero-order valence-corrected chi connectivity index (χ0v) is 11.5. The van der Waals surface area contributed by atoms with Crippen molar-refractivity contribution >= 4 is 0 Å². The van der Waals surface area contributed by atoms with Crippen molar-refractivity contribution in [1.82, 2.24) is 9.97 Å². The van der Waals surface area contributed by atoms with E-state index < -0.39 is 0 Å². The average molecular weight is 254 g/mol. The zero-order chi connectivity index (χ0) is 13.2. The summed E-state index contributed by atoms with van der Waals surface area (Å²) in [6.45, 7) is 0. The number of aromatic nitrogens is 2. The summed E-state index contributed by atoms with van der Waals surface area (Å²) in [5.41, 5.74) is 2.02. The molecular formula is C17H22N2. The van der Waals surface area contributed by atoms with Crippen LogP contribution in [0.4, 0.5) is 0 Å². The molecule has 1 aliphatic rings. The maximum atomic E-state index is 4.21. The molecule has 0 radical (unpaired) electrons. The third-order valence-corrected chi connectivity index (χ3v) is 3.37. The molecule has 1 aliphatic carbocycles. The lowest BCUT2D eigenvalue weighted by molar-refractivity contribution is 0.702. The summed E-state index contributed by atoms with van der Waals surface area (Å²) in [7, 11) is 0. The Morgan fingerprint density at radius 2 is 1.37 bits per heavy atom. The molecule has 2 aromatic heterocycles. The first kappa shape index (κ1) is 13.7. The molecule has 0 atom stereocenters. The second kappa shape index (κ2) is 8.41. The van der Waals surface area contributed by atoms with E-state index in [-0.39, 0.29) is 0 Å². The molecule has 3 rings (SSSR count). The molecule has 19 heavy (non-hydrogen) atoms. The van der Waals surface area contributed by atoms with Crippen LogP contribution in [0.15, 0.2) is 48.9 Å². The van der Waals surface area contributed by atoms with Crippen molar-refractivity contribution < 1.29 is 0 Å². The molecule has 0 spiro atoms. The van der Waals surface area contributed by atoms with Crippen LogP contribution in [0.1, 0.15) is 44.9 Å². The Labute approximate surface area is 115 Å². The Hall–Kier alpha value is -1.70. The molecule has 0 aliphatic heterocycles. The SMILES string of the molecule is C1CCCCCC1.c1ccc(-c2cccnc2)nc1. The Morgan fingerprint density at radius 1 is 0.684 bits per heavy atom. The summed E-state index contributed by atoms with van der Waals surface area (Å²) in [5, 5.41) is 0. The van der Waals surface area contributed by atoms with E-state index in [0.717, 1.165) is 11.3 Å². The quantitative estimate of drug-likeness (QED) is 0.678. The fraction of sp³-hybridized carbons (Fsp3) is 0.412. The van der Waals surface area contributed by atoms with E-state index in [0.29, 0.717) is 0 Å². The molecule has 2 heteroatoms. The molecule has 2 nitrogen and oxygen atoms in total. The van der Waals surface area contributed by atoms with E-state index >= 15 is 0 Å². The summed E-state index contributed by atoms with van der Waals surface area (Å²) in [5.74, 6) is 0. The monoisotopic (exact) mass is 254 g/mol. The van der Waals surface area contributed by atoms with Crippen molar-refractivity contribution in [3.8, 4) is 11.3 Å². The van der Waals surface area contributed by atoms with Gasteiger partial charge in [0.15, 0.2) is 0 Å². The van der Waals surface area contributed by atoms with E-state index in [2.05, 4.69) is 9.97 Å². The minimum atomic E-state index is 0.964. The van der Waals surface area contributed by atoms with Gasteiger partial charge in [-0.25, -0.2) is 0 Å². The standard InChI is InChI=1S/C10H8N2.C7H14/c1-2-7-12-10(5-1)9-4-3-6-11-8-9;1-2-4-6-7-5-3-1/h1-8H;1-7H2. The number of nitrogens with zero attached hydrogens (tertiary/aromatic N) is 2. The van der Waals surface area contributed by atoms with Gasteiger partial charge >= 0.3 is 0 Å². The van der Waals surface area contributed by atoms with Crippen LogP contribution in [-0.4, -0.2) is 9.97 Å². The van der Waals surface area contributed by atoms with Gasteiger partial charge in [-0.1, -0.05) is 51.0 Å². The Morgan fingerprint density at radius 3 is 1.84 bits per heavy atom. The highest BCUT2D eigenvalue weighted by Crippen LogP contribution is 2.15. The molecule has 100 valence electrons. The zero-order valence-electron chi connectivity index (χ0n) is 11.5. The van der Waals surface area contributed by atoms with Gasteiger partial charge in [0.25, 0.3) is 0 Å². The van der Waals surface area contributed by atoms with Gasteiger partial charge in [0.2, 0.25) is 0 Å². The van der Waals surface area contributed by atoms with Crippen molar-refractivity contribution in [2.75, 3.05) is 0 Å². The van der Waals surface area contributed by atoms with Gasteiger partial charge in [-0.15, -0.1) is 0 Å². The maximum absolute atomic E-state index is 4.21. The molecule has 2 heterocycles. The minimum Gasteiger partial charge on any atom is -0.264 e. The van der Waals surface area contributed by atoms with E-state index in [9.17, 15) is 0 Å². The molecule has 1 saturated carbocycles. The van der Waals surface area contributed by atoms with E-state index in [1.165, 1.54) is 44.9 Å². The highest BCUT2D eigenvalue weighted by atomic mass is 14.7. The maximum Gasteiger partial charge on any atom is 0.0717 e. The van der Waals surface area contributed by atoms with Crippen LogP contribution in [-0.2, 0) is 0 Å².